The number of nitrogens with one attached hydrogen (secondary N) is 1. The van der Waals surface area contributed by atoms with Gasteiger partial charge < -0.3 is 20.9 Å². The van der Waals surface area contributed by atoms with Crippen molar-refractivity contribution in [1.29, 1.82) is 0 Å². The molecule has 4 N–H and O–H groups in total. The highest BCUT2D eigenvalue weighted by Gasteiger charge is 2.29. The SMILES string of the molecule is Cl.NCCOC1CCC(C(=O)NC2CCC(CCC(=O)O)CC2)CC1. The molecule has 2 fully saturated rings. The summed E-state index contributed by atoms with van der Waals surface area (Å²) in [5.74, 6) is 0.106. The van der Waals surface area contributed by atoms with E-state index in [4.69, 9.17) is 15.6 Å². The maximum atomic E-state index is 12.4. The highest BCUT2D eigenvalue weighted by molar-refractivity contribution is 5.85. The fourth-order valence-electron chi connectivity index (χ4n) is 3.97. The largest absolute Gasteiger partial charge is 0.481 e. The molecule has 146 valence electrons. The van der Waals surface area contributed by atoms with Gasteiger partial charge in [0.2, 0.25) is 5.91 Å². The molecule has 0 aromatic carbocycles. The fraction of sp³-hybridized carbons (Fsp3) is 0.889. The lowest BCUT2D eigenvalue weighted by Gasteiger charge is -2.32. The molecule has 0 aromatic rings. The summed E-state index contributed by atoms with van der Waals surface area (Å²) in [6.45, 7) is 1.15. The predicted octanol–water partition coefficient (Wildman–Crippen LogP) is 2.48. The number of hydrogen-bond acceptors (Lipinski definition) is 4. The van der Waals surface area contributed by atoms with Gasteiger partial charge in [0.1, 0.15) is 0 Å². The van der Waals surface area contributed by atoms with Gasteiger partial charge in [-0.15, -0.1) is 12.4 Å². The van der Waals surface area contributed by atoms with Gasteiger partial charge in [-0.2, -0.15) is 0 Å². The van der Waals surface area contributed by atoms with Gasteiger partial charge in [-0.3, -0.25) is 9.59 Å². The first-order valence-corrected chi connectivity index (χ1v) is 9.42. The molecule has 2 rings (SSSR count). The van der Waals surface area contributed by atoms with Gasteiger partial charge >= 0.3 is 5.97 Å². The standard InChI is InChI=1S/C18H32N2O4.ClH/c19-11-12-24-16-8-4-14(5-9-16)18(23)20-15-6-1-13(2-7-15)3-10-17(21)22;/h13-16H,1-12,19H2,(H,20,23)(H,21,22);1H. The van der Waals surface area contributed by atoms with E-state index in [1.54, 1.807) is 0 Å². The Morgan fingerprint density at radius 1 is 1.04 bits per heavy atom. The van der Waals surface area contributed by atoms with E-state index < -0.39 is 5.97 Å². The summed E-state index contributed by atoms with van der Waals surface area (Å²) in [4.78, 5) is 23.1. The van der Waals surface area contributed by atoms with Crippen LogP contribution in [0, 0.1) is 11.8 Å². The molecule has 0 aliphatic heterocycles. The van der Waals surface area contributed by atoms with E-state index in [2.05, 4.69) is 5.32 Å². The number of ether oxygens (including phenoxy) is 1. The number of aliphatic carboxylic acids is 1. The Morgan fingerprint density at radius 2 is 1.68 bits per heavy atom. The third kappa shape index (κ3) is 7.92. The highest BCUT2D eigenvalue weighted by atomic mass is 35.5. The van der Waals surface area contributed by atoms with Crippen molar-refractivity contribution in [2.75, 3.05) is 13.2 Å². The summed E-state index contributed by atoms with van der Waals surface area (Å²) in [5, 5.41) is 12.0. The average molecular weight is 377 g/mol. The van der Waals surface area contributed by atoms with Gasteiger partial charge in [0.25, 0.3) is 0 Å². The maximum Gasteiger partial charge on any atom is 0.303 e. The number of carbonyl (C=O) groups excluding carboxylic acids is 1. The number of carboxylic acids is 1. The topological polar surface area (TPSA) is 102 Å². The van der Waals surface area contributed by atoms with Crippen LogP contribution in [0.25, 0.3) is 0 Å². The fourth-order valence-corrected chi connectivity index (χ4v) is 3.97. The van der Waals surface area contributed by atoms with Gasteiger partial charge in [0, 0.05) is 24.9 Å². The Balaban J connectivity index is 0.00000312. The maximum absolute atomic E-state index is 12.4. The number of carbonyl (C=O) groups is 2. The molecule has 25 heavy (non-hydrogen) atoms. The van der Waals surface area contributed by atoms with Crippen LogP contribution in [0.5, 0.6) is 0 Å². The summed E-state index contributed by atoms with van der Waals surface area (Å²) >= 11 is 0. The van der Waals surface area contributed by atoms with E-state index in [1.165, 1.54) is 0 Å². The molecule has 0 heterocycles. The van der Waals surface area contributed by atoms with Gasteiger partial charge in [-0.25, -0.2) is 0 Å². The Bertz CT molecular complexity index is 406. The average Bonchev–Trinajstić information content (AvgIpc) is 2.59. The molecule has 2 aliphatic rings. The van der Waals surface area contributed by atoms with Crippen molar-refractivity contribution in [1.82, 2.24) is 5.32 Å². The third-order valence-electron chi connectivity index (χ3n) is 5.48. The molecule has 0 aromatic heterocycles. The summed E-state index contributed by atoms with van der Waals surface area (Å²) in [6, 6.07) is 0.268. The minimum atomic E-state index is -0.712. The van der Waals surface area contributed by atoms with Crippen LogP contribution >= 0.6 is 12.4 Å². The lowest BCUT2D eigenvalue weighted by Crippen LogP contribution is -2.42. The molecule has 7 heteroatoms. The van der Waals surface area contributed by atoms with Crippen LogP contribution < -0.4 is 11.1 Å². The van der Waals surface area contributed by atoms with Gasteiger partial charge in [0.05, 0.1) is 12.7 Å². The van der Waals surface area contributed by atoms with Crippen molar-refractivity contribution in [3.8, 4) is 0 Å². The number of rotatable bonds is 8. The first kappa shape index (κ1) is 22.2. The first-order valence-electron chi connectivity index (χ1n) is 9.42. The zero-order chi connectivity index (χ0) is 17.4. The number of hydrogen-bond donors (Lipinski definition) is 3. The molecule has 0 unspecified atom stereocenters. The molecule has 1 amide bonds. The van der Waals surface area contributed by atoms with Crippen LogP contribution in [-0.2, 0) is 14.3 Å². The molecular formula is C18H33ClN2O4. The number of amides is 1. The quantitative estimate of drug-likeness (QED) is 0.604. The second-order valence-corrected chi connectivity index (χ2v) is 7.29. The van der Waals surface area contributed by atoms with Crippen LogP contribution in [-0.4, -0.2) is 42.3 Å². The number of carboxylic acid groups (broad SMARTS) is 1. The van der Waals surface area contributed by atoms with E-state index in [0.29, 0.717) is 19.1 Å². The monoisotopic (exact) mass is 376 g/mol. The summed E-state index contributed by atoms with van der Waals surface area (Å²) in [7, 11) is 0. The summed E-state index contributed by atoms with van der Waals surface area (Å²) in [6.07, 6.45) is 8.98. The van der Waals surface area contributed by atoms with E-state index in [1.807, 2.05) is 0 Å². The Hall–Kier alpha value is -0.850. The van der Waals surface area contributed by atoms with Crippen molar-refractivity contribution < 1.29 is 19.4 Å². The normalized spacial score (nSPS) is 29.5. The minimum Gasteiger partial charge on any atom is -0.481 e. The smallest absolute Gasteiger partial charge is 0.303 e. The number of nitrogens with two attached hydrogens (primary N) is 1. The van der Waals surface area contributed by atoms with Gasteiger partial charge in [-0.05, 0) is 63.7 Å². The summed E-state index contributed by atoms with van der Waals surface area (Å²) in [5.41, 5.74) is 5.45. The van der Waals surface area contributed by atoms with Crippen molar-refractivity contribution >= 4 is 24.3 Å². The third-order valence-corrected chi connectivity index (χ3v) is 5.48. The van der Waals surface area contributed by atoms with Crippen LogP contribution in [0.4, 0.5) is 0 Å². The van der Waals surface area contributed by atoms with E-state index in [-0.39, 0.29) is 42.8 Å². The molecule has 0 atom stereocenters. The van der Waals surface area contributed by atoms with Crippen molar-refractivity contribution in [3.63, 3.8) is 0 Å². The zero-order valence-corrected chi connectivity index (χ0v) is 15.8. The van der Waals surface area contributed by atoms with Crippen molar-refractivity contribution in [2.45, 2.75) is 76.4 Å². The Labute approximate surface area is 156 Å². The molecule has 2 aliphatic carbocycles. The summed E-state index contributed by atoms with van der Waals surface area (Å²) < 4.78 is 5.66. The molecule has 2 saturated carbocycles. The minimum absolute atomic E-state index is 0. The second-order valence-electron chi connectivity index (χ2n) is 7.29. The highest BCUT2D eigenvalue weighted by Crippen LogP contribution is 2.30. The van der Waals surface area contributed by atoms with E-state index in [0.717, 1.165) is 57.8 Å². The van der Waals surface area contributed by atoms with Gasteiger partial charge in [0.15, 0.2) is 0 Å². The zero-order valence-electron chi connectivity index (χ0n) is 15.0. The van der Waals surface area contributed by atoms with Crippen molar-refractivity contribution in [3.05, 3.63) is 0 Å². The van der Waals surface area contributed by atoms with Gasteiger partial charge in [-0.1, -0.05) is 0 Å². The predicted molar refractivity (Wildman–Crippen MR) is 98.8 cm³/mol. The lowest BCUT2D eigenvalue weighted by molar-refractivity contribution is -0.137. The molecule has 0 bridgehead atoms. The Morgan fingerprint density at radius 3 is 2.24 bits per heavy atom. The van der Waals surface area contributed by atoms with Crippen LogP contribution in [0.1, 0.15) is 64.2 Å². The molecule has 0 spiro atoms. The van der Waals surface area contributed by atoms with Crippen LogP contribution in [0.15, 0.2) is 0 Å². The Kier molecular flexibility index (Phi) is 10.4. The van der Waals surface area contributed by atoms with E-state index in [9.17, 15) is 9.59 Å². The van der Waals surface area contributed by atoms with Crippen molar-refractivity contribution in [2.24, 2.45) is 17.6 Å². The second kappa shape index (κ2) is 11.7. The number of halogens is 1. The molecular weight excluding hydrogens is 344 g/mol. The van der Waals surface area contributed by atoms with Crippen LogP contribution in [0.3, 0.4) is 0 Å². The molecule has 0 saturated heterocycles. The van der Waals surface area contributed by atoms with E-state index >= 15 is 0 Å². The lowest BCUT2D eigenvalue weighted by atomic mass is 9.82. The molecule has 6 nitrogen and oxygen atoms in total. The van der Waals surface area contributed by atoms with Crippen LogP contribution in [0.2, 0.25) is 0 Å². The molecule has 0 radical (unpaired) electrons. The first-order chi connectivity index (χ1) is 11.6.